The molecule has 0 aromatic heterocycles. The smallest absolute Gasteiger partial charge is 0.124 e. The third-order valence-corrected chi connectivity index (χ3v) is 2.75. The zero-order chi connectivity index (χ0) is 12.8. The molecule has 0 fully saturated rings. The number of hydrogen-bond acceptors (Lipinski definition) is 2. The van der Waals surface area contributed by atoms with Crippen molar-refractivity contribution in [3.05, 3.63) is 28.2 Å². The summed E-state index contributed by atoms with van der Waals surface area (Å²) in [5.41, 5.74) is 1.20. The monoisotopic (exact) mass is 299 g/mol. The van der Waals surface area contributed by atoms with Crippen molar-refractivity contribution < 1.29 is 4.74 Å². The fourth-order valence-electron chi connectivity index (χ4n) is 1.55. The van der Waals surface area contributed by atoms with E-state index in [1.807, 2.05) is 26.0 Å². The van der Waals surface area contributed by atoms with E-state index in [4.69, 9.17) is 4.74 Å². The second kappa shape index (κ2) is 7.02. The first-order chi connectivity index (χ1) is 7.99. The predicted octanol–water partition coefficient (Wildman–Crippen LogP) is 3.98. The van der Waals surface area contributed by atoms with E-state index in [0.717, 1.165) is 23.3 Å². The Bertz CT molecular complexity index is 350. The van der Waals surface area contributed by atoms with Crippen LogP contribution in [0.1, 0.15) is 33.3 Å². The average Bonchev–Trinajstić information content (AvgIpc) is 2.21. The average molecular weight is 300 g/mol. The molecule has 96 valence electrons. The van der Waals surface area contributed by atoms with Gasteiger partial charge in [0.05, 0.1) is 6.10 Å². The topological polar surface area (TPSA) is 21.3 Å². The van der Waals surface area contributed by atoms with Gasteiger partial charge in [-0.2, -0.15) is 0 Å². The lowest BCUT2D eigenvalue weighted by molar-refractivity contribution is 0.239. The van der Waals surface area contributed by atoms with Crippen LogP contribution in [0, 0.1) is 5.92 Å². The van der Waals surface area contributed by atoms with Crippen molar-refractivity contribution in [2.24, 2.45) is 5.92 Å². The van der Waals surface area contributed by atoms with Gasteiger partial charge >= 0.3 is 0 Å². The molecule has 0 saturated heterocycles. The van der Waals surface area contributed by atoms with Crippen LogP contribution >= 0.6 is 15.9 Å². The highest BCUT2D eigenvalue weighted by Crippen LogP contribution is 2.24. The van der Waals surface area contributed by atoms with Crippen molar-refractivity contribution in [2.75, 3.05) is 6.54 Å². The Hall–Kier alpha value is -0.540. The van der Waals surface area contributed by atoms with Gasteiger partial charge in [-0.05, 0) is 44.5 Å². The van der Waals surface area contributed by atoms with Crippen molar-refractivity contribution in [1.82, 2.24) is 5.32 Å². The SMILES string of the molecule is CC(C)CNCc1cc(Br)ccc1OC(C)C. The lowest BCUT2D eigenvalue weighted by Gasteiger charge is -2.15. The normalized spacial score (nSPS) is 11.2. The minimum absolute atomic E-state index is 0.208. The zero-order valence-corrected chi connectivity index (χ0v) is 12.7. The number of nitrogens with one attached hydrogen (secondary N) is 1. The van der Waals surface area contributed by atoms with Crippen LogP contribution in [0.5, 0.6) is 5.75 Å². The fourth-order valence-corrected chi connectivity index (χ4v) is 1.96. The van der Waals surface area contributed by atoms with E-state index in [0.29, 0.717) is 5.92 Å². The van der Waals surface area contributed by atoms with Crippen LogP contribution in [0.2, 0.25) is 0 Å². The van der Waals surface area contributed by atoms with E-state index < -0.39 is 0 Å². The Morgan fingerprint density at radius 2 is 1.94 bits per heavy atom. The molecule has 0 amide bonds. The summed E-state index contributed by atoms with van der Waals surface area (Å²) in [7, 11) is 0. The van der Waals surface area contributed by atoms with Crippen LogP contribution < -0.4 is 10.1 Å². The van der Waals surface area contributed by atoms with Crippen LogP contribution in [0.4, 0.5) is 0 Å². The van der Waals surface area contributed by atoms with E-state index in [2.05, 4.69) is 41.2 Å². The highest BCUT2D eigenvalue weighted by atomic mass is 79.9. The van der Waals surface area contributed by atoms with Crippen LogP contribution in [0.3, 0.4) is 0 Å². The van der Waals surface area contributed by atoms with Crippen LogP contribution in [-0.4, -0.2) is 12.6 Å². The molecule has 0 bridgehead atoms. The summed E-state index contributed by atoms with van der Waals surface area (Å²) in [5.74, 6) is 1.64. The molecule has 17 heavy (non-hydrogen) atoms. The third kappa shape index (κ3) is 5.55. The first kappa shape index (κ1) is 14.5. The molecule has 3 heteroatoms. The van der Waals surface area contributed by atoms with Gasteiger partial charge in [0.1, 0.15) is 5.75 Å². The summed E-state index contributed by atoms with van der Waals surface area (Å²) in [6, 6.07) is 6.16. The van der Waals surface area contributed by atoms with Gasteiger partial charge in [0.15, 0.2) is 0 Å². The van der Waals surface area contributed by atoms with E-state index in [-0.39, 0.29) is 6.10 Å². The van der Waals surface area contributed by atoms with Gasteiger partial charge in [-0.1, -0.05) is 29.8 Å². The Labute approximate surface area is 113 Å². The number of benzene rings is 1. The molecule has 1 N–H and O–H groups in total. The molecule has 0 heterocycles. The molecule has 0 saturated carbocycles. The third-order valence-electron chi connectivity index (χ3n) is 2.25. The Morgan fingerprint density at radius 3 is 2.53 bits per heavy atom. The molecular weight excluding hydrogens is 278 g/mol. The Morgan fingerprint density at radius 1 is 1.24 bits per heavy atom. The van der Waals surface area contributed by atoms with Crippen molar-refractivity contribution in [3.63, 3.8) is 0 Å². The second-order valence-electron chi connectivity index (χ2n) is 4.94. The summed E-state index contributed by atoms with van der Waals surface area (Å²) < 4.78 is 6.89. The molecule has 1 aromatic carbocycles. The molecule has 0 radical (unpaired) electrons. The second-order valence-corrected chi connectivity index (χ2v) is 5.86. The summed E-state index contributed by atoms with van der Waals surface area (Å²) >= 11 is 3.50. The molecule has 2 nitrogen and oxygen atoms in total. The highest BCUT2D eigenvalue weighted by Gasteiger charge is 2.06. The van der Waals surface area contributed by atoms with Crippen molar-refractivity contribution in [1.29, 1.82) is 0 Å². The van der Waals surface area contributed by atoms with Crippen molar-refractivity contribution in [3.8, 4) is 5.75 Å². The van der Waals surface area contributed by atoms with E-state index in [9.17, 15) is 0 Å². The van der Waals surface area contributed by atoms with Gasteiger partial charge in [0, 0.05) is 16.6 Å². The quantitative estimate of drug-likeness (QED) is 0.858. The molecule has 0 atom stereocenters. The molecule has 0 aliphatic carbocycles. The Balaban J connectivity index is 2.69. The van der Waals surface area contributed by atoms with Crippen molar-refractivity contribution in [2.45, 2.75) is 40.3 Å². The van der Waals surface area contributed by atoms with Crippen LogP contribution in [0.15, 0.2) is 22.7 Å². The molecule has 0 spiro atoms. The number of ether oxygens (including phenoxy) is 1. The largest absolute Gasteiger partial charge is 0.491 e. The summed E-state index contributed by atoms with van der Waals surface area (Å²) in [4.78, 5) is 0. The van der Waals surface area contributed by atoms with E-state index >= 15 is 0 Å². The maximum Gasteiger partial charge on any atom is 0.124 e. The first-order valence-electron chi connectivity index (χ1n) is 6.15. The maximum absolute atomic E-state index is 5.80. The summed E-state index contributed by atoms with van der Waals surface area (Å²) in [6.07, 6.45) is 0.208. The minimum atomic E-state index is 0.208. The van der Waals surface area contributed by atoms with Gasteiger partial charge in [0.25, 0.3) is 0 Å². The maximum atomic E-state index is 5.80. The van der Waals surface area contributed by atoms with Crippen LogP contribution in [0.25, 0.3) is 0 Å². The molecule has 1 aromatic rings. The molecule has 1 rings (SSSR count). The van der Waals surface area contributed by atoms with Gasteiger partial charge < -0.3 is 10.1 Å². The van der Waals surface area contributed by atoms with Crippen LogP contribution in [-0.2, 0) is 6.54 Å². The Kier molecular flexibility index (Phi) is 6.00. The minimum Gasteiger partial charge on any atom is -0.491 e. The lowest BCUT2D eigenvalue weighted by Crippen LogP contribution is -2.20. The molecule has 0 aliphatic rings. The number of hydrogen-bond donors (Lipinski definition) is 1. The van der Waals surface area contributed by atoms with Gasteiger partial charge in [-0.3, -0.25) is 0 Å². The highest BCUT2D eigenvalue weighted by molar-refractivity contribution is 9.10. The molecule has 0 aliphatic heterocycles. The van der Waals surface area contributed by atoms with Gasteiger partial charge in [0.2, 0.25) is 0 Å². The molecule has 0 unspecified atom stereocenters. The zero-order valence-electron chi connectivity index (χ0n) is 11.1. The van der Waals surface area contributed by atoms with E-state index in [1.54, 1.807) is 0 Å². The summed E-state index contributed by atoms with van der Waals surface area (Å²) in [6.45, 7) is 10.4. The number of rotatable bonds is 6. The number of halogens is 1. The predicted molar refractivity (Wildman–Crippen MR) is 76.5 cm³/mol. The fraction of sp³-hybridized carbons (Fsp3) is 0.571. The lowest BCUT2D eigenvalue weighted by atomic mass is 10.1. The van der Waals surface area contributed by atoms with Gasteiger partial charge in [-0.25, -0.2) is 0 Å². The van der Waals surface area contributed by atoms with Crippen molar-refractivity contribution >= 4 is 15.9 Å². The summed E-state index contributed by atoms with van der Waals surface area (Å²) in [5, 5.41) is 3.44. The van der Waals surface area contributed by atoms with Gasteiger partial charge in [-0.15, -0.1) is 0 Å². The first-order valence-corrected chi connectivity index (χ1v) is 6.94. The molecular formula is C14H22BrNO. The van der Waals surface area contributed by atoms with E-state index in [1.165, 1.54) is 5.56 Å². The standard InChI is InChI=1S/C14H22BrNO/c1-10(2)8-16-9-12-7-13(15)5-6-14(12)17-11(3)4/h5-7,10-11,16H,8-9H2,1-4H3.